The lowest BCUT2D eigenvalue weighted by molar-refractivity contribution is 1.05. The number of nitrogens with zero attached hydrogens (tertiary/aromatic N) is 2. The van der Waals surface area contributed by atoms with Crippen LogP contribution in [0.4, 0.5) is 0 Å². The van der Waals surface area contributed by atoms with Gasteiger partial charge in [-0.2, -0.15) is 0 Å². The third-order valence-electron chi connectivity index (χ3n) is 4.23. The van der Waals surface area contributed by atoms with Gasteiger partial charge in [0.05, 0.1) is 15.7 Å². The molecule has 2 nitrogen and oxygen atoms in total. The minimum absolute atomic E-state index is 0.635. The van der Waals surface area contributed by atoms with E-state index in [0.717, 1.165) is 32.4 Å². The van der Waals surface area contributed by atoms with Crippen LogP contribution in [0.3, 0.4) is 0 Å². The molecule has 0 fully saturated rings. The third kappa shape index (κ3) is 3.77. The first-order valence-electron chi connectivity index (χ1n) is 8.27. The Balaban J connectivity index is 1.96. The van der Waals surface area contributed by atoms with Gasteiger partial charge in [0, 0.05) is 21.2 Å². The molecule has 0 spiro atoms. The molecule has 0 aliphatic heterocycles. The van der Waals surface area contributed by atoms with Gasteiger partial charge in [0.15, 0.2) is 0 Å². The molecule has 0 amide bonds. The van der Waals surface area contributed by atoms with Crippen molar-refractivity contribution in [3.8, 4) is 33.6 Å². The average Bonchev–Trinajstić information content (AvgIpc) is 2.69. The molecule has 0 unspecified atom stereocenters. The lowest BCUT2D eigenvalue weighted by atomic mass is 9.98. The van der Waals surface area contributed by atoms with Gasteiger partial charge in [0.1, 0.15) is 5.69 Å². The van der Waals surface area contributed by atoms with E-state index in [1.807, 2.05) is 78.9 Å². The van der Waals surface area contributed by atoms with Gasteiger partial charge in [-0.25, -0.2) is 0 Å². The van der Waals surface area contributed by atoms with Crippen LogP contribution in [0.5, 0.6) is 0 Å². The third-order valence-corrected chi connectivity index (χ3v) is 5.42. The number of halogens is 3. The highest BCUT2D eigenvalue weighted by atomic mass is 79.9. The largest absolute Gasteiger partial charge is 0.150 e. The van der Waals surface area contributed by atoms with Crippen LogP contribution < -0.4 is 0 Å². The van der Waals surface area contributed by atoms with Gasteiger partial charge in [-0.15, -0.1) is 10.2 Å². The van der Waals surface area contributed by atoms with Gasteiger partial charge in [-0.05, 0) is 35.9 Å². The van der Waals surface area contributed by atoms with Crippen LogP contribution in [-0.2, 0) is 0 Å². The lowest BCUT2D eigenvalue weighted by Crippen LogP contribution is -1.96. The van der Waals surface area contributed by atoms with Crippen LogP contribution in [0.15, 0.2) is 83.3 Å². The fourth-order valence-corrected chi connectivity index (χ4v) is 3.62. The van der Waals surface area contributed by atoms with Crippen molar-refractivity contribution in [2.24, 2.45) is 0 Å². The molecule has 3 aromatic carbocycles. The zero-order valence-electron chi connectivity index (χ0n) is 14.0. The summed E-state index contributed by atoms with van der Waals surface area (Å²) in [4.78, 5) is 0. The highest BCUT2D eigenvalue weighted by Crippen LogP contribution is 2.37. The molecule has 0 bridgehead atoms. The van der Waals surface area contributed by atoms with Gasteiger partial charge in [0.25, 0.3) is 0 Å². The molecule has 4 aromatic rings. The van der Waals surface area contributed by atoms with E-state index in [2.05, 4.69) is 26.1 Å². The van der Waals surface area contributed by atoms with E-state index in [9.17, 15) is 0 Å². The standard InChI is InChI=1S/C22H13BrCl2N2/c23-15-11-9-14(10-12-15)18-13-21(16-5-1-3-7-19(16)24)26-27-22(18)17-6-2-4-8-20(17)25/h1-13H. The summed E-state index contributed by atoms with van der Waals surface area (Å²) >= 11 is 16.3. The fraction of sp³-hybridized carbons (Fsp3) is 0. The Kier molecular flexibility index (Phi) is 5.26. The normalized spacial score (nSPS) is 10.8. The molecule has 0 radical (unpaired) electrons. The first kappa shape index (κ1) is 18.2. The predicted molar refractivity (Wildman–Crippen MR) is 116 cm³/mol. The zero-order valence-corrected chi connectivity index (χ0v) is 17.1. The highest BCUT2D eigenvalue weighted by Gasteiger charge is 2.15. The second-order valence-electron chi connectivity index (χ2n) is 5.96. The number of aromatic nitrogens is 2. The molecule has 0 atom stereocenters. The molecule has 0 saturated heterocycles. The van der Waals surface area contributed by atoms with Crippen LogP contribution in [0.1, 0.15) is 0 Å². The van der Waals surface area contributed by atoms with E-state index >= 15 is 0 Å². The highest BCUT2D eigenvalue weighted by molar-refractivity contribution is 9.10. The molecule has 1 aromatic heterocycles. The molecule has 0 N–H and O–H groups in total. The van der Waals surface area contributed by atoms with E-state index in [-0.39, 0.29) is 0 Å². The van der Waals surface area contributed by atoms with Crippen molar-refractivity contribution in [2.75, 3.05) is 0 Å². The summed E-state index contributed by atoms with van der Waals surface area (Å²) in [5.41, 5.74) is 5.11. The number of benzene rings is 3. The minimum atomic E-state index is 0.635. The van der Waals surface area contributed by atoms with Crippen molar-refractivity contribution in [3.05, 3.63) is 93.4 Å². The molecule has 1 heterocycles. The van der Waals surface area contributed by atoms with Crippen LogP contribution in [-0.4, -0.2) is 10.2 Å². The summed E-state index contributed by atoms with van der Waals surface area (Å²) in [6, 6.07) is 25.3. The maximum Gasteiger partial charge on any atom is 0.102 e. The first-order chi connectivity index (χ1) is 13.1. The Morgan fingerprint density at radius 1 is 0.630 bits per heavy atom. The SMILES string of the molecule is Clc1ccccc1-c1cc(-c2ccc(Br)cc2)c(-c2ccccc2Cl)nn1. The Labute approximate surface area is 175 Å². The van der Waals surface area contributed by atoms with Gasteiger partial charge in [0.2, 0.25) is 0 Å². The van der Waals surface area contributed by atoms with Crippen molar-refractivity contribution >= 4 is 39.1 Å². The van der Waals surface area contributed by atoms with Crippen LogP contribution in [0, 0.1) is 0 Å². The van der Waals surface area contributed by atoms with E-state index in [0.29, 0.717) is 15.7 Å². The van der Waals surface area contributed by atoms with Crippen molar-refractivity contribution in [1.29, 1.82) is 0 Å². The molecule has 5 heteroatoms. The molecular weight excluding hydrogens is 443 g/mol. The van der Waals surface area contributed by atoms with Crippen molar-refractivity contribution in [3.63, 3.8) is 0 Å². The maximum atomic E-state index is 6.43. The lowest BCUT2D eigenvalue weighted by Gasteiger charge is -2.12. The molecule has 0 saturated carbocycles. The van der Waals surface area contributed by atoms with E-state index < -0.39 is 0 Å². The van der Waals surface area contributed by atoms with Crippen LogP contribution in [0.2, 0.25) is 10.0 Å². The first-order valence-corrected chi connectivity index (χ1v) is 9.82. The van der Waals surface area contributed by atoms with Gasteiger partial charge in [-0.1, -0.05) is 87.7 Å². The monoisotopic (exact) mass is 454 g/mol. The minimum Gasteiger partial charge on any atom is -0.150 e. The van der Waals surface area contributed by atoms with Crippen molar-refractivity contribution < 1.29 is 0 Å². The van der Waals surface area contributed by atoms with E-state index in [1.165, 1.54) is 0 Å². The number of hydrogen-bond donors (Lipinski definition) is 0. The Morgan fingerprint density at radius 2 is 1.22 bits per heavy atom. The Hall–Kier alpha value is -2.20. The summed E-state index contributed by atoms with van der Waals surface area (Å²) in [7, 11) is 0. The van der Waals surface area contributed by atoms with Crippen molar-refractivity contribution in [2.45, 2.75) is 0 Å². The molecule has 0 aliphatic carbocycles. The summed E-state index contributed by atoms with van der Waals surface area (Å²) < 4.78 is 1.01. The summed E-state index contributed by atoms with van der Waals surface area (Å²) in [6.07, 6.45) is 0. The van der Waals surface area contributed by atoms with Crippen LogP contribution in [0.25, 0.3) is 33.6 Å². The fourth-order valence-electron chi connectivity index (χ4n) is 2.89. The van der Waals surface area contributed by atoms with Gasteiger partial charge >= 0.3 is 0 Å². The zero-order chi connectivity index (χ0) is 18.8. The summed E-state index contributed by atoms with van der Waals surface area (Å²) in [5.74, 6) is 0. The Morgan fingerprint density at radius 3 is 1.85 bits per heavy atom. The molecule has 27 heavy (non-hydrogen) atoms. The summed E-state index contributed by atoms with van der Waals surface area (Å²) in [5, 5.41) is 10.2. The molecule has 4 rings (SSSR count). The average molecular weight is 456 g/mol. The predicted octanol–water partition coefficient (Wildman–Crippen LogP) is 7.55. The van der Waals surface area contributed by atoms with Gasteiger partial charge in [-0.3, -0.25) is 0 Å². The smallest absolute Gasteiger partial charge is 0.102 e. The Bertz CT molecular complexity index is 1110. The van der Waals surface area contributed by atoms with E-state index in [1.54, 1.807) is 0 Å². The second kappa shape index (κ2) is 7.81. The van der Waals surface area contributed by atoms with E-state index in [4.69, 9.17) is 23.2 Å². The molecule has 132 valence electrons. The molecule has 0 aliphatic rings. The number of rotatable bonds is 3. The number of hydrogen-bond acceptors (Lipinski definition) is 2. The maximum absolute atomic E-state index is 6.43. The molecular formula is C22H13BrCl2N2. The topological polar surface area (TPSA) is 25.8 Å². The second-order valence-corrected chi connectivity index (χ2v) is 7.69. The van der Waals surface area contributed by atoms with Crippen LogP contribution >= 0.6 is 39.1 Å². The summed E-state index contributed by atoms with van der Waals surface area (Å²) in [6.45, 7) is 0. The van der Waals surface area contributed by atoms with Crippen molar-refractivity contribution in [1.82, 2.24) is 10.2 Å². The quantitative estimate of drug-likeness (QED) is 0.318. The van der Waals surface area contributed by atoms with Gasteiger partial charge < -0.3 is 0 Å².